The Morgan fingerprint density at radius 3 is 2.30 bits per heavy atom. The number of benzene rings is 1. The van der Waals surface area contributed by atoms with Crippen LogP contribution in [0.1, 0.15) is 46.1 Å². The Kier molecular flexibility index (Phi) is 7.36. The van der Waals surface area contributed by atoms with Gasteiger partial charge >= 0.3 is 6.09 Å². The number of carboxylic acid groups (broad SMARTS) is 1. The second-order valence-electron chi connectivity index (χ2n) is 6.71. The highest BCUT2D eigenvalue weighted by Crippen LogP contribution is 2.21. The van der Waals surface area contributed by atoms with Gasteiger partial charge in [-0.25, -0.2) is 4.79 Å². The highest BCUT2D eigenvalue weighted by Gasteiger charge is 2.32. The quantitative estimate of drug-likeness (QED) is 0.718. The zero-order chi connectivity index (χ0) is 17.5. The van der Waals surface area contributed by atoms with Crippen LogP contribution in [0.15, 0.2) is 24.3 Å². The molecule has 1 amide bonds. The average Bonchev–Trinajstić information content (AvgIpc) is 2.46. The van der Waals surface area contributed by atoms with E-state index in [-0.39, 0.29) is 6.61 Å². The molecule has 5 heteroatoms. The van der Waals surface area contributed by atoms with E-state index in [1.54, 1.807) is 0 Å². The molecule has 130 valence electrons. The maximum atomic E-state index is 11.5. The molecular formula is C18H29NO4. The minimum Gasteiger partial charge on any atom is -0.494 e. The lowest BCUT2D eigenvalue weighted by atomic mass is 9.99. The first kappa shape index (κ1) is 19.3. The maximum absolute atomic E-state index is 11.5. The summed E-state index contributed by atoms with van der Waals surface area (Å²) in [5.74, 6) is 0.814. The van der Waals surface area contributed by atoms with Gasteiger partial charge < -0.3 is 14.9 Å². The lowest BCUT2D eigenvalue weighted by Gasteiger charge is -2.39. The van der Waals surface area contributed by atoms with Gasteiger partial charge in [-0.3, -0.25) is 4.90 Å². The van der Waals surface area contributed by atoms with Gasteiger partial charge in [-0.05, 0) is 51.3 Å². The molecule has 0 bridgehead atoms. The summed E-state index contributed by atoms with van der Waals surface area (Å²) in [7, 11) is 0. The summed E-state index contributed by atoms with van der Waals surface area (Å²) < 4.78 is 5.62. The highest BCUT2D eigenvalue weighted by atomic mass is 16.5. The van der Waals surface area contributed by atoms with Gasteiger partial charge in [0.25, 0.3) is 0 Å². The van der Waals surface area contributed by atoms with Crippen LogP contribution in [0.4, 0.5) is 4.79 Å². The SMILES string of the molecule is CCCCOc1ccc(CC(CO)N(C(=O)O)C(C)(C)C)cc1. The normalized spacial score (nSPS) is 12.7. The Hall–Kier alpha value is -1.75. The zero-order valence-corrected chi connectivity index (χ0v) is 14.6. The molecule has 2 N–H and O–H groups in total. The number of nitrogens with zero attached hydrogens (tertiary/aromatic N) is 1. The van der Waals surface area contributed by atoms with Crippen molar-refractivity contribution in [3.8, 4) is 5.75 Å². The van der Waals surface area contributed by atoms with E-state index in [0.29, 0.717) is 13.0 Å². The number of carbonyl (C=O) groups is 1. The molecule has 0 aliphatic carbocycles. The maximum Gasteiger partial charge on any atom is 0.408 e. The number of ether oxygens (including phenoxy) is 1. The molecule has 0 aliphatic heterocycles. The summed E-state index contributed by atoms with van der Waals surface area (Å²) in [5.41, 5.74) is 0.407. The van der Waals surface area contributed by atoms with E-state index in [1.807, 2.05) is 45.0 Å². The molecule has 1 atom stereocenters. The van der Waals surface area contributed by atoms with Crippen molar-refractivity contribution in [3.63, 3.8) is 0 Å². The van der Waals surface area contributed by atoms with Gasteiger partial charge in [0.2, 0.25) is 0 Å². The molecule has 0 saturated carbocycles. The molecule has 0 aromatic heterocycles. The zero-order valence-electron chi connectivity index (χ0n) is 14.6. The Labute approximate surface area is 138 Å². The van der Waals surface area contributed by atoms with E-state index in [4.69, 9.17) is 4.74 Å². The first-order valence-corrected chi connectivity index (χ1v) is 8.14. The molecule has 1 rings (SSSR count). The van der Waals surface area contributed by atoms with Crippen LogP contribution in [0.5, 0.6) is 5.75 Å². The fourth-order valence-corrected chi connectivity index (χ4v) is 2.56. The van der Waals surface area contributed by atoms with E-state index in [9.17, 15) is 15.0 Å². The van der Waals surface area contributed by atoms with Crippen molar-refractivity contribution in [2.24, 2.45) is 0 Å². The molecule has 1 aromatic carbocycles. The van der Waals surface area contributed by atoms with Gasteiger partial charge in [-0.15, -0.1) is 0 Å². The van der Waals surface area contributed by atoms with Crippen LogP contribution in [0.25, 0.3) is 0 Å². The Morgan fingerprint density at radius 1 is 1.26 bits per heavy atom. The molecule has 0 heterocycles. The minimum absolute atomic E-state index is 0.210. The van der Waals surface area contributed by atoms with Crippen LogP contribution in [-0.4, -0.2) is 46.0 Å². The van der Waals surface area contributed by atoms with Crippen molar-refractivity contribution in [3.05, 3.63) is 29.8 Å². The fourth-order valence-electron chi connectivity index (χ4n) is 2.56. The monoisotopic (exact) mass is 323 g/mol. The first-order valence-electron chi connectivity index (χ1n) is 8.14. The van der Waals surface area contributed by atoms with Gasteiger partial charge in [0.15, 0.2) is 0 Å². The number of hydrogen-bond acceptors (Lipinski definition) is 3. The molecule has 23 heavy (non-hydrogen) atoms. The number of aliphatic hydroxyl groups is 1. The fraction of sp³-hybridized carbons (Fsp3) is 0.611. The van der Waals surface area contributed by atoms with Crippen molar-refractivity contribution in [2.75, 3.05) is 13.2 Å². The summed E-state index contributed by atoms with van der Waals surface area (Å²) in [5, 5.41) is 19.1. The second kappa shape index (κ2) is 8.77. The number of rotatable bonds is 8. The predicted octanol–water partition coefficient (Wildman–Crippen LogP) is 3.55. The lowest BCUT2D eigenvalue weighted by Crippen LogP contribution is -2.53. The van der Waals surface area contributed by atoms with Crippen molar-refractivity contribution >= 4 is 6.09 Å². The van der Waals surface area contributed by atoms with Crippen LogP contribution in [0.3, 0.4) is 0 Å². The topological polar surface area (TPSA) is 70.0 Å². The number of unbranched alkanes of at least 4 members (excludes halogenated alkanes) is 1. The number of amides is 1. The third kappa shape index (κ3) is 6.10. The molecule has 0 radical (unpaired) electrons. The first-order chi connectivity index (χ1) is 10.8. The third-order valence-corrected chi connectivity index (χ3v) is 3.67. The van der Waals surface area contributed by atoms with Gasteiger partial charge in [0, 0.05) is 5.54 Å². The third-order valence-electron chi connectivity index (χ3n) is 3.67. The van der Waals surface area contributed by atoms with Crippen molar-refractivity contribution in [1.82, 2.24) is 4.90 Å². The second-order valence-corrected chi connectivity index (χ2v) is 6.71. The molecule has 0 saturated heterocycles. The summed E-state index contributed by atoms with van der Waals surface area (Å²) >= 11 is 0. The Bertz CT molecular complexity index is 479. The highest BCUT2D eigenvalue weighted by molar-refractivity contribution is 5.66. The van der Waals surface area contributed by atoms with Crippen LogP contribution in [-0.2, 0) is 6.42 Å². The number of hydrogen-bond donors (Lipinski definition) is 2. The predicted molar refractivity (Wildman–Crippen MR) is 91.0 cm³/mol. The van der Waals surface area contributed by atoms with E-state index in [2.05, 4.69) is 6.92 Å². The Morgan fingerprint density at radius 2 is 1.87 bits per heavy atom. The van der Waals surface area contributed by atoms with Gasteiger partial charge in [-0.2, -0.15) is 0 Å². The largest absolute Gasteiger partial charge is 0.494 e. The average molecular weight is 323 g/mol. The molecule has 1 unspecified atom stereocenters. The molecular weight excluding hydrogens is 294 g/mol. The molecule has 0 fully saturated rings. The van der Waals surface area contributed by atoms with E-state index in [1.165, 1.54) is 4.90 Å². The van der Waals surface area contributed by atoms with Gasteiger partial charge in [0.1, 0.15) is 5.75 Å². The summed E-state index contributed by atoms with van der Waals surface area (Å²) in [6.45, 7) is 8.09. The van der Waals surface area contributed by atoms with Crippen LogP contribution in [0.2, 0.25) is 0 Å². The van der Waals surface area contributed by atoms with Gasteiger partial charge in [-0.1, -0.05) is 25.5 Å². The molecule has 0 aliphatic rings. The van der Waals surface area contributed by atoms with Gasteiger partial charge in [0.05, 0.1) is 19.3 Å². The van der Waals surface area contributed by atoms with E-state index in [0.717, 1.165) is 24.2 Å². The standard InChI is InChI=1S/C18H29NO4/c1-5-6-11-23-16-9-7-14(8-10-16)12-15(13-20)19(17(21)22)18(2,3)4/h7-10,15,20H,5-6,11-13H2,1-4H3,(H,21,22). The lowest BCUT2D eigenvalue weighted by molar-refractivity contribution is 0.0465. The smallest absolute Gasteiger partial charge is 0.408 e. The molecule has 1 aromatic rings. The Balaban J connectivity index is 2.76. The van der Waals surface area contributed by atoms with Crippen molar-refractivity contribution < 1.29 is 19.7 Å². The summed E-state index contributed by atoms with van der Waals surface area (Å²) in [6, 6.07) is 7.15. The molecule has 0 spiro atoms. The van der Waals surface area contributed by atoms with Crippen LogP contribution in [0, 0.1) is 0 Å². The van der Waals surface area contributed by atoms with Crippen LogP contribution >= 0.6 is 0 Å². The van der Waals surface area contributed by atoms with Crippen molar-refractivity contribution in [1.29, 1.82) is 0 Å². The molecule has 5 nitrogen and oxygen atoms in total. The van der Waals surface area contributed by atoms with E-state index >= 15 is 0 Å². The minimum atomic E-state index is -1.02. The summed E-state index contributed by atoms with van der Waals surface area (Å²) in [6.07, 6.45) is 1.56. The number of aliphatic hydroxyl groups excluding tert-OH is 1. The van der Waals surface area contributed by atoms with E-state index < -0.39 is 17.7 Å². The van der Waals surface area contributed by atoms with Crippen molar-refractivity contribution in [2.45, 2.75) is 58.5 Å². The summed E-state index contributed by atoms with van der Waals surface area (Å²) in [4.78, 5) is 12.9. The van der Waals surface area contributed by atoms with Crippen LogP contribution < -0.4 is 4.74 Å².